The second-order valence-corrected chi connectivity index (χ2v) is 9.22. The lowest BCUT2D eigenvalue weighted by Crippen LogP contribution is -2.35. The summed E-state index contributed by atoms with van der Waals surface area (Å²) >= 11 is 1.75. The van der Waals surface area contributed by atoms with Gasteiger partial charge in [-0.25, -0.2) is 26.3 Å². The molecule has 11 heteroatoms. The molecule has 0 aliphatic carbocycles. The molecule has 35 heavy (non-hydrogen) atoms. The van der Waals surface area contributed by atoms with Crippen LogP contribution in [0.2, 0.25) is 0 Å². The molecule has 3 aromatic carbocycles. The van der Waals surface area contributed by atoms with E-state index in [2.05, 4.69) is 5.32 Å². The summed E-state index contributed by atoms with van der Waals surface area (Å²) in [5.41, 5.74) is -3.03. The van der Waals surface area contributed by atoms with E-state index in [1.54, 1.807) is 22.6 Å². The van der Waals surface area contributed by atoms with Crippen LogP contribution in [0.25, 0.3) is 0 Å². The average molecular weight is 604 g/mol. The van der Waals surface area contributed by atoms with Gasteiger partial charge in [0.2, 0.25) is 5.67 Å². The Labute approximate surface area is 209 Å². The molecule has 1 aliphatic heterocycles. The third-order valence-corrected chi connectivity index (χ3v) is 6.38. The smallest absolute Gasteiger partial charge is 0.269 e. The van der Waals surface area contributed by atoms with Crippen molar-refractivity contribution in [1.29, 1.82) is 0 Å². The molecule has 0 spiro atoms. The Kier molecular flexibility index (Phi) is 6.56. The first-order valence-electron chi connectivity index (χ1n) is 10.1. The second kappa shape index (κ2) is 9.17. The van der Waals surface area contributed by atoms with Crippen molar-refractivity contribution in [1.82, 2.24) is 5.32 Å². The molecule has 0 saturated carbocycles. The van der Waals surface area contributed by atoms with Gasteiger partial charge in [-0.05, 0) is 59.3 Å². The van der Waals surface area contributed by atoms with Crippen LogP contribution in [0.5, 0.6) is 0 Å². The highest BCUT2D eigenvalue weighted by Crippen LogP contribution is 2.46. The second-order valence-electron chi connectivity index (χ2n) is 8.05. The monoisotopic (exact) mass is 604 g/mol. The number of carbonyl (C=O) groups is 2. The lowest BCUT2D eigenvalue weighted by Gasteiger charge is -2.19. The molecule has 0 saturated heterocycles. The molecule has 4 nitrogen and oxygen atoms in total. The van der Waals surface area contributed by atoms with Gasteiger partial charge in [0, 0.05) is 45.0 Å². The molecule has 0 bridgehead atoms. The summed E-state index contributed by atoms with van der Waals surface area (Å²) in [4.78, 5) is 26.6. The largest absolute Gasteiger partial charge is 0.348 e. The number of anilines is 1. The minimum Gasteiger partial charge on any atom is -0.348 e. The topological polar surface area (TPSA) is 49.4 Å². The van der Waals surface area contributed by atoms with Gasteiger partial charge in [0.1, 0.15) is 29.1 Å². The van der Waals surface area contributed by atoms with Gasteiger partial charge in [0.25, 0.3) is 11.8 Å². The Bertz CT molecular complexity index is 1340. The number of alkyl halides is 1. The molecule has 3 aromatic rings. The predicted octanol–water partition coefficient (Wildman–Crippen LogP) is 5.65. The third-order valence-electron chi connectivity index (χ3n) is 5.53. The Morgan fingerprint density at radius 2 is 1.51 bits per heavy atom. The molecule has 1 unspecified atom stereocenters. The van der Waals surface area contributed by atoms with Crippen LogP contribution in [0.4, 0.5) is 32.0 Å². The summed E-state index contributed by atoms with van der Waals surface area (Å²) in [5, 5.41) is 2.31. The van der Waals surface area contributed by atoms with Gasteiger partial charge in [0.15, 0.2) is 0 Å². The zero-order valence-electron chi connectivity index (χ0n) is 17.9. The van der Waals surface area contributed by atoms with Crippen molar-refractivity contribution < 1.29 is 35.9 Å². The Morgan fingerprint density at radius 3 is 2.11 bits per heavy atom. The number of rotatable bonds is 5. The fourth-order valence-electron chi connectivity index (χ4n) is 3.92. The van der Waals surface area contributed by atoms with Gasteiger partial charge in [-0.1, -0.05) is 0 Å². The molecule has 2 amide bonds. The number of amides is 2. The minimum absolute atomic E-state index is 0.0147. The van der Waals surface area contributed by atoms with Crippen molar-refractivity contribution in [2.45, 2.75) is 25.7 Å². The van der Waals surface area contributed by atoms with E-state index < -0.39 is 58.7 Å². The fraction of sp³-hybridized carbons (Fsp3) is 0.167. The van der Waals surface area contributed by atoms with Crippen molar-refractivity contribution in [3.63, 3.8) is 0 Å². The normalized spacial score (nSPS) is 17.0. The summed E-state index contributed by atoms with van der Waals surface area (Å²) < 4.78 is 83.8. The van der Waals surface area contributed by atoms with Gasteiger partial charge < -0.3 is 10.2 Å². The predicted molar refractivity (Wildman–Crippen MR) is 123 cm³/mol. The van der Waals surface area contributed by atoms with E-state index in [0.717, 1.165) is 24.0 Å². The minimum atomic E-state index is -2.47. The molecule has 1 heterocycles. The first kappa shape index (κ1) is 25.0. The number of hydrogen-bond donors (Lipinski definition) is 1. The number of benzene rings is 3. The molecule has 1 aliphatic rings. The van der Waals surface area contributed by atoms with Crippen LogP contribution < -0.4 is 10.2 Å². The van der Waals surface area contributed by atoms with E-state index in [-0.39, 0.29) is 32.5 Å². The van der Waals surface area contributed by atoms with Crippen LogP contribution in [-0.4, -0.2) is 11.8 Å². The van der Waals surface area contributed by atoms with Gasteiger partial charge >= 0.3 is 0 Å². The van der Waals surface area contributed by atoms with E-state index in [1.165, 1.54) is 12.1 Å². The van der Waals surface area contributed by atoms with Gasteiger partial charge in [-0.3, -0.25) is 9.59 Å². The highest BCUT2D eigenvalue weighted by atomic mass is 127. The van der Waals surface area contributed by atoms with Crippen molar-refractivity contribution >= 4 is 40.1 Å². The number of carbonyl (C=O) groups excluding carboxylic acids is 2. The molecule has 182 valence electrons. The number of nitrogens with zero attached hydrogens (tertiary/aromatic N) is 1. The van der Waals surface area contributed by atoms with Crippen molar-refractivity contribution in [2.24, 2.45) is 0 Å². The number of nitrogens with one attached hydrogen (secondary N) is 1. The first-order valence-corrected chi connectivity index (χ1v) is 11.2. The summed E-state index contributed by atoms with van der Waals surface area (Å²) in [6, 6.07) is 6.10. The Balaban J connectivity index is 1.66. The van der Waals surface area contributed by atoms with E-state index >= 15 is 4.39 Å². The van der Waals surface area contributed by atoms with Crippen LogP contribution in [0, 0.1) is 32.7 Å². The maximum Gasteiger partial charge on any atom is 0.269 e. The summed E-state index contributed by atoms with van der Waals surface area (Å²) in [6.07, 6.45) is 0. The highest BCUT2D eigenvalue weighted by molar-refractivity contribution is 14.1. The van der Waals surface area contributed by atoms with Crippen LogP contribution >= 0.6 is 22.6 Å². The molecule has 0 fully saturated rings. The zero-order valence-corrected chi connectivity index (χ0v) is 20.0. The quantitative estimate of drug-likeness (QED) is 0.303. The highest BCUT2D eigenvalue weighted by Gasteiger charge is 2.49. The lowest BCUT2D eigenvalue weighted by atomic mass is 9.98. The molecule has 1 N–H and O–H groups in total. The molecular formula is C24H15F6IN2O2. The van der Waals surface area contributed by atoms with Gasteiger partial charge in [-0.15, -0.1) is 0 Å². The molecule has 0 aromatic heterocycles. The third kappa shape index (κ3) is 4.73. The Hall–Kier alpha value is -3.09. The first-order chi connectivity index (χ1) is 16.4. The van der Waals surface area contributed by atoms with Gasteiger partial charge in [-0.2, -0.15) is 0 Å². The van der Waals surface area contributed by atoms with E-state index in [4.69, 9.17) is 0 Å². The lowest BCUT2D eigenvalue weighted by molar-refractivity contribution is -0.128. The Morgan fingerprint density at radius 1 is 0.943 bits per heavy atom. The summed E-state index contributed by atoms with van der Waals surface area (Å²) in [5.74, 6) is -7.01. The molecule has 1 atom stereocenters. The van der Waals surface area contributed by atoms with Crippen LogP contribution in [0.15, 0.2) is 42.5 Å². The van der Waals surface area contributed by atoms with Crippen LogP contribution in [-0.2, 0) is 23.6 Å². The van der Waals surface area contributed by atoms with Crippen molar-refractivity contribution in [2.75, 3.05) is 4.90 Å². The van der Waals surface area contributed by atoms with E-state index in [0.29, 0.717) is 18.2 Å². The SMILES string of the molecule is CC1(F)C(=O)N(Cc2cc(F)cc(F)c2)c2cc(C(=O)NCc3c(F)cc(F)cc3F)cc(I)c21. The van der Waals surface area contributed by atoms with Crippen molar-refractivity contribution in [3.05, 3.63) is 97.4 Å². The molecule has 0 radical (unpaired) electrons. The van der Waals surface area contributed by atoms with E-state index in [1.807, 2.05) is 0 Å². The van der Waals surface area contributed by atoms with Gasteiger partial charge in [0.05, 0.1) is 12.2 Å². The van der Waals surface area contributed by atoms with E-state index in [9.17, 15) is 31.5 Å². The maximum atomic E-state index is 15.4. The number of hydrogen-bond acceptors (Lipinski definition) is 2. The summed E-state index contributed by atoms with van der Waals surface area (Å²) in [6.45, 7) is 0.0754. The molecule has 4 rings (SSSR count). The maximum absolute atomic E-state index is 15.4. The van der Waals surface area contributed by atoms with Crippen molar-refractivity contribution in [3.8, 4) is 0 Å². The number of fused-ring (bicyclic) bond motifs is 1. The zero-order chi connectivity index (χ0) is 25.7. The standard InChI is InChI=1S/C24H15F6IN2O2/c1-24(30)21-19(31)4-12(22(34)32-9-16-17(28)7-15(27)8-18(16)29)5-20(21)33(23(24)35)10-11-2-13(25)6-14(26)3-11/h2-8H,9-10H2,1H3,(H,32,34). The van der Waals surface area contributed by atoms with Crippen LogP contribution in [0.1, 0.15) is 34.0 Å². The number of halogens is 7. The van der Waals surface area contributed by atoms with Crippen LogP contribution in [0.3, 0.4) is 0 Å². The summed E-state index contributed by atoms with van der Waals surface area (Å²) in [7, 11) is 0. The fourth-order valence-corrected chi connectivity index (χ4v) is 5.04. The average Bonchev–Trinajstić information content (AvgIpc) is 2.92. The molecular weight excluding hydrogens is 589 g/mol.